The lowest BCUT2D eigenvalue weighted by molar-refractivity contribution is -0.127. The number of halogens is 5. The zero-order valence-corrected chi connectivity index (χ0v) is 39.2. The molecule has 16 nitrogen and oxygen atoms in total. The average Bonchev–Trinajstić information content (AvgIpc) is 3.29. The van der Waals surface area contributed by atoms with Crippen molar-refractivity contribution in [1.29, 1.82) is 0 Å². The highest BCUT2D eigenvalue weighted by Gasteiger charge is 2.26. The lowest BCUT2D eigenvalue weighted by Gasteiger charge is -2.15. The molecular formula is C45H39Cl5N8O8. The number of hydrogen-bond acceptors (Lipinski definition) is 12. The Hall–Kier alpha value is -6.43. The van der Waals surface area contributed by atoms with E-state index in [1.165, 1.54) is 68.8 Å². The van der Waals surface area contributed by atoms with Crippen LogP contribution >= 0.6 is 58.0 Å². The first-order chi connectivity index (χ1) is 31.5. The molecule has 0 heterocycles. The van der Waals surface area contributed by atoms with Gasteiger partial charge in [-0.1, -0.05) is 35.3 Å². The van der Waals surface area contributed by atoms with Gasteiger partial charge in [-0.25, -0.2) is 0 Å². The largest absolute Gasteiger partial charge is 0.495 e. The second-order valence-electron chi connectivity index (χ2n) is 14.1. The van der Waals surface area contributed by atoms with E-state index in [1.54, 1.807) is 36.4 Å². The van der Waals surface area contributed by atoms with E-state index in [2.05, 4.69) is 41.7 Å². The second-order valence-corrected chi connectivity index (χ2v) is 15.8. The third-order valence-electron chi connectivity index (χ3n) is 9.25. The molecule has 0 aliphatic rings. The first kappa shape index (κ1) is 50.6. The molecule has 66 heavy (non-hydrogen) atoms. The molecular weight excluding hydrogens is 958 g/mol. The van der Waals surface area contributed by atoms with Gasteiger partial charge in [0.2, 0.25) is 12.1 Å². The molecule has 2 unspecified atom stereocenters. The smallest absolute Gasteiger partial charge is 0.258 e. The SMILES string of the molecule is COc1cc(CCl)ccc1NC(=O)c1cc(Cl)cc(N=NC(C(C)=O)C(=O)Nc2ccc(NC(=O)C(N=Nc3cc(Cl)cc(C(=O)Nc4ccc(CCl)cc4OC)c3)C(C)=O)c(CCl)c2)c1. The lowest BCUT2D eigenvalue weighted by atomic mass is 10.1. The van der Waals surface area contributed by atoms with Crippen LogP contribution in [0.2, 0.25) is 10.0 Å². The third kappa shape index (κ3) is 13.6. The van der Waals surface area contributed by atoms with Crippen LogP contribution in [0.4, 0.5) is 34.1 Å². The fourth-order valence-electron chi connectivity index (χ4n) is 5.96. The summed E-state index contributed by atoms with van der Waals surface area (Å²) in [5, 5.41) is 26.9. The first-order valence-corrected chi connectivity index (χ1v) is 21.7. The summed E-state index contributed by atoms with van der Waals surface area (Å²) in [6, 6.07) is 19.5. The first-order valence-electron chi connectivity index (χ1n) is 19.4. The van der Waals surface area contributed by atoms with E-state index in [0.29, 0.717) is 28.4 Å². The maximum absolute atomic E-state index is 13.4. The van der Waals surface area contributed by atoms with Crippen LogP contribution in [-0.4, -0.2) is 61.5 Å². The number of amides is 4. The number of ketones is 2. The maximum Gasteiger partial charge on any atom is 0.258 e. The molecule has 0 spiro atoms. The molecule has 0 fully saturated rings. The van der Waals surface area contributed by atoms with Crippen LogP contribution in [0.3, 0.4) is 0 Å². The number of hydrogen-bond donors (Lipinski definition) is 4. The summed E-state index contributed by atoms with van der Waals surface area (Å²) in [4.78, 5) is 78.4. The Balaban J connectivity index is 1.26. The van der Waals surface area contributed by atoms with E-state index in [1.807, 2.05) is 0 Å². The van der Waals surface area contributed by atoms with Crippen molar-refractivity contribution < 1.29 is 38.2 Å². The minimum Gasteiger partial charge on any atom is -0.495 e. The number of rotatable bonds is 19. The van der Waals surface area contributed by atoms with Crippen molar-refractivity contribution >= 4 is 127 Å². The van der Waals surface area contributed by atoms with E-state index < -0.39 is 47.3 Å². The van der Waals surface area contributed by atoms with Crippen molar-refractivity contribution in [2.45, 2.75) is 43.6 Å². The fraction of sp³-hybridized carbons (Fsp3) is 0.200. The predicted octanol–water partition coefficient (Wildman–Crippen LogP) is 11.1. The van der Waals surface area contributed by atoms with Crippen LogP contribution < -0.4 is 30.7 Å². The highest BCUT2D eigenvalue weighted by molar-refractivity contribution is 6.32. The Kier molecular flexibility index (Phi) is 18.1. The number of azo groups is 2. The molecule has 342 valence electrons. The molecule has 5 aromatic carbocycles. The van der Waals surface area contributed by atoms with Crippen molar-refractivity contribution in [2.75, 3.05) is 35.5 Å². The molecule has 0 aromatic heterocycles. The number of ether oxygens (including phenoxy) is 2. The van der Waals surface area contributed by atoms with Crippen molar-refractivity contribution in [3.05, 3.63) is 129 Å². The van der Waals surface area contributed by atoms with Gasteiger partial charge in [-0.15, -0.1) is 34.8 Å². The fourth-order valence-corrected chi connectivity index (χ4v) is 6.97. The Morgan fingerprint density at radius 3 is 1.38 bits per heavy atom. The minimum atomic E-state index is -1.63. The third-order valence-corrected chi connectivity index (χ3v) is 10.6. The topological polar surface area (TPSA) is 218 Å². The van der Waals surface area contributed by atoms with Gasteiger partial charge in [0.05, 0.1) is 37.0 Å². The van der Waals surface area contributed by atoms with E-state index >= 15 is 0 Å². The summed E-state index contributed by atoms with van der Waals surface area (Å²) in [5.74, 6) is -3.01. The molecule has 0 radical (unpaired) electrons. The summed E-state index contributed by atoms with van der Waals surface area (Å²) >= 11 is 30.6. The van der Waals surface area contributed by atoms with Crippen molar-refractivity contribution in [2.24, 2.45) is 20.5 Å². The molecule has 2 atom stereocenters. The monoisotopic (exact) mass is 994 g/mol. The van der Waals surface area contributed by atoms with Gasteiger partial charge in [-0.05, 0) is 109 Å². The van der Waals surface area contributed by atoms with Gasteiger partial charge in [-0.3, -0.25) is 28.8 Å². The summed E-state index contributed by atoms with van der Waals surface area (Å²) in [6.07, 6.45) is 0. The number of nitrogens with zero attached hydrogens (tertiary/aromatic N) is 4. The van der Waals surface area contributed by atoms with Gasteiger partial charge in [0.1, 0.15) is 11.5 Å². The maximum atomic E-state index is 13.4. The number of nitrogens with one attached hydrogen (secondary N) is 4. The summed E-state index contributed by atoms with van der Waals surface area (Å²) < 4.78 is 10.7. The van der Waals surface area contributed by atoms with E-state index in [-0.39, 0.29) is 61.6 Å². The predicted molar refractivity (Wildman–Crippen MR) is 255 cm³/mol. The molecule has 0 saturated heterocycles. The van der Waals surface area contributed by atoms with E-state index in [0.717, 1.165) is 25.0 Å². The number of methoxy groups -OCH3 is 2. The van der Waals surface area contributed by atoms with Gasteiger partial charge in [0.15, 0.2) is 11.6 Å². The van der Waals surface area contributed by atoms with Crippen LogP contribution in [0.1, 0.15) is 51.3 Å². The standard InChI is InChI=1S/C45H39Cl5N8O8/c1-23(59)40(57-55-33-15-27(13-30(49)18-33)42(61)53-36-8-5-25(20-46)11-38(36)65-3)44(63)51-32-7-10-35(29(17-32)22-48)52-45(64)41(24(2)60)58-56-34-16-28(14-31(50)19-34)43(62)54-37-9-6-26(21-47)12-39(37)66-4/h5-19,40-41H,20-22H2,1-4H3,(H,51,63)(H,52,64)(H,53,61)(H,54,62). The molecule has 5 aromatic rings. The lowest BCUT2D eigenvalue weighted by Crippen LogP contribution is -2.32. The number of anilines is 4. The zero-order chi connectivity index (χ0) is 48.1. The van der Waals surface area contributed by atoms with Crippen molar-refractivity contribution in [1.82, 2.24) is 0 Å². The summed E-state index contributed by atoms with van der Waals surface area (Å²) in [7, 11) is 2.90. The summed E-state index contributed by atoms with van der Waals surface area (Å²) in [5.41, 5.74) is 3.37. The van der Waals surface area contributed by atoms with Gasteiger partial charge in [0, 0.05) is 50.2 Å². The number of Topliss-reactive ketones (excluding diaryl/α,β-unsaturated/α-hetero) is 2. The minimum absolute atomic E-state index is 0.0769. The van der Waals surface area contributed by atoms with Gasteiger partial charge < -0.3 is 30.7 Å². The average molecular weight is 997 g/mol. The second kappa shape index (κ2) is 23.7. The van der Waals surface area contributed by atoms with Crippen molar-refractivity contribution in [3.63, 3.8) is 0 Å². The molecule has 21 heteroatoms. The van der Waals surface area contributed by atoms with Crippen LogP contribution in [0, 0.1) is 0 Å². The zero-order valence-electron chi connectivity index (χ0n) is 35.4. The molecule has 0 bridgehead atoms. The highest BCUT2D eigenvalue weighted by Crippen LogP contribution is 2.31. The Morgan fingerprint density at radius 1 is 0.530 bits per heavy atom. The highest BCUT2D eigenvalue weighted by atomic mass is 35.5. The Morgan fingerprint density at radius 2 is 0.970 bits per heavy atom. The van der Waals surface area contributed by atoms with Crippen molar-refractivity contribution in [3.8, 4) is 11.5 Å². The summed E-state index contributed by atoms with van der Waals surface area (Å²) in [6.45, 7) is 2.30. The van der Waals surface area contributed by atoms with E-state index in [4.69, 9.17) is 67.5 Å². The number of carbonyl (C=O) groups excluding carboxylic acids is 6. The quantitative estimate of drug-likeness (QED) is 0.0353. The van der Waals surface area contributed by atoms with Crippen LogP contribution in [0.5, 0.6) is 11.5 Å². The molecule has 0 saturated carbocycles. The van der Waals surface area contributed by atoms with Gasteiger partial charge >= 0.3 is 0 Å². The Bertz CT molecular complexity index is 2750. The molecule has 0 aliphatic carbocycles. The van der Waals surface area contributed by atoms with Crippen LogP contribution in [0.15, 0.2) is 111 Å². The number of carbonyl (C=O) groups is 6. The Labute approximate surface area is 403 Å². The molecule has 0 aliphatic heterocycles. The molecule has 5 rings (SSSR count). The number of alkyl halides is 3. The van der Waals surface area contributed by atoms with E-state index in [9.17, 15) is 28.8 Å². The molecule has 4 amide bonds. The normalized spacial score (nSPS) is 12.0. The van der Waals surface area contributed by atoms with Gasteiger partial charge in [0.25, 0.3) is 23.6 Å². The number of benzene rings is 5. The molecule has 4 N–H and O–H groups in total. The van der Waals surface area contributed by atoms with Gasteiger partial charge in [-0.2, -0.15) is 20.5 Å². The van der Waals surface area contributed by atoms with Crippen LogP contribution in [0.25, 0.3) is 0 Å². The van der Waals surface area contributed by atoms with Crippen LogP contribution in [-0.2, 0) is 36.8 Å².